The van der Waals surface area contributed by atoms with Crippen LogP contribution in [0.4, 0.5) is 10.5 Å². The second kappa shape index (κ2) is 8.15. The van der Waals surface area contributed by atoms with Crippen molar-refractivity contribution in [3.05, 3.63) is 29.8 Å². The Morgan fingerprint density at radius 1 is 1.17 bits per heavy atom. The second-order valence-electron chi connectivity index (χ2n) is 9.76. The van der Waals surface area contributed by atoms with Gasteiger partial charge in [-0.3, -0.25) is 0 Å². The van der Waals surface area contributed by atoms with Crippen LogP contribution >= 0.6 is 0 Å². The summed E-state index contributed by atoms with van der Waals surface area (Å²) in [7, 11) is 0. The molecule has 1 amide bonds. The molecule has 3 aliphatic rings. The van der Waals surface area contributed by atoms with Crippen molar-refractivity contribution in [3.8, 4) is 0 Å². The molecule has 0 aliphatic carbocycles. The number of morpholine rings is 1. The van der Waals surface area contributed by atoms with E-state index in [-0.39, 0.29) is 12.2 Å². The normalized spacial score (nSPS) is 27.6. The van der Waals surface area contributed by atoms with Gasteiger partial charge >= 0.3 is 6.09 Å². The molecular weight excluding hydrogens is 368 g/mol. The summed E-state index contributed by atoms with van der Waals surface area (Å²) < 4.78 is 17.1. The molecule has 0 radical (unpaired) electrons. The number of anilines is 1. The fraction of sp³-hybridized carbons (Fsp3) is 0.696. The third kappa shape index (κ3) is 5.04. The van der Waals surface area contributed by atoms with Crippen LogP contribution in [0.2, 0.25) is 0 Å². The number of amides is 1. The lowest BCUT2D eigenvalue weighted by atomic mass is 9.87. The number of carbonyl (C=O) groups excluding carboxylic acids is 1. The zero-order chi connectivity index (χ0) is 20.5. The molecule has 3 fully saturated rings. The van der Waals surface area contributed by atoms with Crippen LogP contribution in [0.25, 0.3) is 0 Å². The molecule has 6 nitrogen and oxygen atoms in total. The minimum atomic E-state index is -0.473. The summed E-state index contributed by atoms with van der Waals surface area (Å²) in [6.07, 6.45) is 2.98. The van der Waals surface area contributed by atoms with E-state index in [0.717, 1.165) is 32.7 Å². The predicted molar refractivity (Wildman–Crippen MR) is 112 cm³/mol. The van der Waals surface area contributed by atoms with E-state index in [1.54, 1.807) is 4.90 Å². The van der Waals surface area contributed by atoms with Gasteiger partial charge in [-0.25, -0.2) is 4.79 Å². The lowest BCUT2D eigenvalue weighted by Gasteiger charge is -2.34. The van der Waals surface area contributed by atoms with Crippen molar-refractivity contribution in [2.24, 2.45) is 5.41 Å². The summed E-state index contributed by atoms with van der Waals surface area (Å²) in [4.78, 5) is 16.6. The smallest absolute Gasteiger partial charge is 0.410 e. The van der Waals surface area contributed by atoms with Crippen LogP contribution in [0.1, 0.15) is 39.2 Å². The number of benzene rings is 1. The lowest BCUT2D eigenvalue weighted by molar-refractivity contribution is -0.0415. The number of ether oxygens (including phenoxy) is 3. The Balaban J connectivity index is 1.31. The molecule has 1 spiro atoms. The number of nitrogens with zero attached hydrogens (tertiary/aromatic N) is 2. The number of rotatable bonds is 3. The molecule has 2 unspecified atom stereocenters. The Labute approximate surface area is 174 Å². The summed E-state index contributed by atoms with van der Waals surface area (Å²) >= 11 is 0. The molecule has 2 atom stereocenters. The first-order chi connectivity index (χ1) is 13.8. The number of hydrogen-bond acceptors (Lipinski definition) is 5. The number of hydrogen-bond donors (Lipinski definition) is 0. The summed E-state index contributed by atoms with van der Waals surface area (Å²) in [5.74, 6) is 0. The highest BCUT2D eigenvalue weighted by Crippen LogP contribution is 2.40. The average Bonchev–Trinajstić information content (AvgIpc) is 3.31. The van der Waals surface area contributed by atoms with Gasteiger partial charge < -0.3 is 24.0 Å². The van der Waals surface area contributed by atoms with Crippen molar-refractivity contribution < 1.29 is 19.0 Å². The zero-order valence-corrected chi connectivity index (χ0v) is 18.0. The predicted octanol–water partition coefficient (Wildman–Crippen LogP) is 3.48. The largest absolute Gasteiger partial charge is 0.444 e. The van der Waals surface area contributed by atoms with E-state index < -0.39 is 5.60 Å². The molecule has 0 N–H and O–H groups in total. The van der Waals surface area contributed by atoms with Crippen LogP contribution in [0.5, 0.6) is 0 Å². The highest BCUT2D eigenvalue weighted by molar-refractivity contribution is 5.68. The van der Waals surface area contributed by atoms with Crippen LogP contribution < -0.4 is 4.90 Å². The van der Waals surface area contributed by atoms with Crippen LogP contribution in [0.3, 0.4) is 0 Å². The van der Waals surface area contributed by atoms with E-state index in [1.807, 2.05) is 20.8 Å². The van der Waals surface area contributed by atoms with E-state index in [2.05, 4.69) is 29.2 Å². The van der Waals surface area contributed by atoms with Gasteiger partial charge in [0.2, 0.25) is 0 Å². The van der Waals surface area contributed by atoms with E-state index in [4.69, 9.17) is 14.2 Å². The maximum Gasteiger partial charge on any atom is 0.410 e. The minimum Gasteiger partial charge on any atom is -0.444 e. The fourth-order valence-corrected chi connectivity index (χ4v) is 4.57. The molecule has 3 saturated heterocycles. The molecule has 1 aromatic carbocycles. The molecule has 3 heterocycles. The van der Waals surface area contributed by atoms with Crippen LogP contribution in [0.15, 0.2) is 24.3 Å². The Morgan fingerprint density at radius 2 is 1.97 bits per heavy atom. The van der Waals surface area contributed by atoms with E-state index in [9.17, 15) is 4.79 Å². The van der Waals surface area contributed by atoms with E-state index in [0.29, 0.717) is 25.1 Å². The van der Waals surface area contributed by atoms with Gasteiger partial charge in [0.1, 0.15) is 5.60 Å². The second-order valence-corrected chi connectivity index (χ2v) is 9.76. The maximum absolute atomic E-state index is 12.3. The van der Waals surface area contributed by atoms with Crippen molar-refractivity contribution in [1.82, 2.24) is 4.90 Å². The van der Waals surface area contributed by atoms with Gasteiger partial charge in [0.25, 0.3) is 0 Å². The van der Waals surface area contributed by atoms with Crippen molar-refractivity contribution in [2.75, 3.05) is 50.9 Å². The average molecular weight is 403 g/mol. The molecule has 29 heavy (non-hydrogen) atoms. The Bertz CT molecular complexity index is 707. The van der Waals surface area contributed by atoms with Crippen LogP contribution in [-0.4, -0.2) is 68.7 Å². The van der Waals surface area contributed by atoms with Gasteiger partial charge in [-0.15, -0.1) is 0 Å². The quantitative estimate of drug-likeness (QED) is 0.775. The van der Waals surface area contributed by atoms with Gasteiger partial charge in [-0.2, -0.15) is 0 Å². The zero-order valence-electron chi connectivity index (χ0n) is 18.0. The standard InChI is InChI=1S/C23H34N2O4/c1-22(2,3)29-21(26)24-11-13-28-20(15-24)14-18-4-6-19(7-5-18)25-10-8-23(16-25)9-12-27-17-23/h4-7,20H,8-17H2,1-3H3. The Kier molecular flexibility index (Phi) is 5.76. The van der Waals surface area contributed by atoms with Crippen LogP contribution in [0, 0.1) is 5.41 Å². The molecule has 6 heteroatoms. The van der Waals surface area contributed by atoms with Crippen molar-refractivity contribution in [1.29, 1.82) is 0 Å². The summed E-state index contributed by atoms with van der Waals surface area (Å²) in [5.41, 5.74) is 2.43. The topological polar surface area (TPSA) is 51.2 Å². The van der Waals surface area contributed by atoms with Gasteiger partial charge in [0.05, 0.1) is 25.9 Å². The molecule has 160 valence electrons. The molecule has 0 saturated carbocycles. The van der Waals surface area contributed by atoms with Crippen molar-refractivity contribution in [2.45, 2.75) is 51.7 Å². The lowest BCUT2D eigenvalue weighted by Crippen LogP contribution is -2.48. The van der Waals surface area contributed by atoms with Gasteiger partial charge in [-0.05, 0) is 51.3 Å². The molecule has 4 rings (SSSR count). The van der Waals surface area contributed by atoms with E-state index in [1.165, 1.54) is 24.1 Å². The summed E-state index contributed by atoms with van der Waals surface area (Å²) in [6, 6.07) is 8.83. The number of carbonyl (C=O) groups is 1. The first-order valence-electron chi connectivity index (χ1n) is 10.8. The van der Waals surface area contributed by atoms with E-state index >= 15 is 0 Å². The van der Waals surface area contributed by atoms with Crippen molar-refractivity contribution >= 4 is 11.8 Å². The summed E-state index contributed by atoms with van der Waals surface area (Å²) in [5, 5.41) is 0. The Morgan fingerprint density at radius 3 is 2.66 bits per heavy atom. The third-order valence-corrected chi connectivity index (χ3v) is 6.18. The molecular formula is C23H34N2O4. The van der Waals surface area contributed by atoms with Gasteiger partial charge in [0.15, 0.2) is 0 Å². The third-order valence-electron chi connectivity index (χ3n) is 6.18. The fourth-order valence-electron chi connectivity index (χ4n) is 4.57. The monoisotopic (exact) mass is 402 g/mol. The maximum atomic E-state index is 12.3. The summed E-state index contributed by atoms with van der Waals surface area (Å²) in [6.45, 7) is 11.4. The van der Waals surface area contributed by atoms with Gasteiger partial charge in [-0.1, -0.05) is 12.1 Å². The highest BCUT2D eigenvalue weighted by atomic mass is 16.6. The molecule has 1 aromatic rings. The minimum absolute atomic E-state index is 0.00723. The van der Waals surface area contributed by atoms with Gasteiger partial charge in [0, 0.05) is 43.8 Å². The molecule has 0 aromatic heterocycles. The highest BCUT2D eigenvalue weighted by Gasteiger charge is 2.41. The Hall–Kier alpha value is -1.79. The van der Waals surface area contributed by atoms with Crippen molar-refractivity contribution in [3.63, 3.8) is 0 Å². The molecule has 0 bridgehead atoms. The SMILES string of the molecule is CC(C)(C)OC(=O)N1CCOC(Cc2ccc(N3CCC4(CCOC4)C3)cc2)C1. The first-order valence-corrected chi connectivity index (χ1v) is 10.8. The van der Waals surface area contributed by atoms with Crippen LogP contribution in [-0.2, 0) is 20.6 Å². The molecule has 3 aliphatic heterocycles. The first kappa shape index (κ1) is 20.5.